The maximum atomic E-state index is 11.4. The van der Waals surface area contributed by atoms with Crippen LogP contribution in [-0.2, 0) is 4.79 Å². The van der Waals surface area contributed by atoms with Gasteiger partial charge in [-0.3, -0.25) is 0 Å². The number of nitriles is 1. The van der Waals surface area contributed by atoms with Crippen molar-refractivity contribution in [1.29, 1.82) is 5.26 Å². The first kappa shape index (κ1) is 14.8. The quantitative estimate of drug-likeness (QED) is 0.880. The van der Waals surface area contributed by atoms with E-state index in [9.17, 15) is 9.90 Å². The largest absolute Gasteiger partial charge is 0.480 e. The fourth-order valence-electron chi connectivity index (χ4n) is 2.28. The third-order valence-corrected chi connectivity index (χ3v) is 3.24. The van der Waals surface area contributed by atoms with E-state index in [1.807, 2.05) is 19.9 Å². The van der Waals surface area contributed by atoms with Crippen LogP contribution < -0.4 is 5.32 Å². The van der Waals surface area contributed by atoms with Crippen LogP contribution in [-0.4, -0.2) is 22.1 Å². The predicted molar refractivity (Wildman–Crippen MR) is 81.0 cm³/mol. The molecule has 2 rings (SSSR count). The van der Waals surface area contributed by atoms with Crippen LogP contribution in [0.15, 0.2) is 30.5 Å². The van der Waals surface area contributed by atoms with Gasteiger partial charge in [0.15, 0.2) is 0 Å². The number of anilines is 1. The van der Waals surface area contributed by atoms with Crippen molar-refractivity contribution >= 4 is 22.6 Å². The molecule has 1 atom stereocenters. The van der Waals surface area contributed by atoms with Crippen LogP contribution in [0.25, 0.3) is 10.8 Å². The Morgan fingerprint density at radius 1 is 1.38 bits per heavy atom. The number of benzene rings is 1. The third-order valence-electron chi connectivity index (χ3n) is 3.24. The minimum Gasteiger partial charge on any atom is -0.480 e. The van der Waals surface area contributed by atoms with Gasteiger partial charge in [0.25, 0.3) is 0 Å². The topological polar surface area (TPSA) is 86.0 Å². The molecule has 5 nitrogen and oxygen atoms in total. The number of carboxylic acids is 1. The second-order valence-corrected chi connectivity index (χ2v) is 5.34. The number of fused-ring (bicyclic) bond motifs is 1. The molecule has 0 amide bonds. The first-order valence-electron chi connectivity index (χ1n) is 6.80. The van der Waals surface area contributed by atoms with Gasteiger partial charge in [0.05, 0.1) is 11.6 Å². The van der Waals surface area contributed by atoms with Crippen molar-refractivity contribution in [3.8, 4) is 6.07 Å². The lowest BCUT2D eigenvalue weighted by molar-refractivity contribution is -0.138. The van der Waals surface area contributed by atoms with Crippen molar-refractivity contribution in [2.75, 3.05) is 5.32 Å². The smallest absolute Gasteiger partial charge is 0.326 e. The minimum absolute atomic E-state index is 0.253. The van der Waals surface area contributed by atoms with Crippen LogP contribution in [0.1, 0.15) is 25.8 Å². The number of carbonyl (C=O) groups is 1. The minimum atomic E-state index is -0.904. The van der Waals surface area contributed by atoms with Crippen molar-refractivity contribution in [1.82, 2.24) is 4.98 Å². The van der Waals surface area contributed by atoms with E-state index in [1.54, 1.807) is 24.4 Å². The zero-order valence-corrected chi connectivity index (χ0v) is 12.0. The van der Waals surface area contributed by atoms with Gasteiger partial charge in [-0.15, -0.1) is 0 Å². The zero-order chi connectivity index (χ0) is 15.4. The van der Waals surface area contributed by atoms with Crippen molar-refractivity contribution in [3.05, 3.63) is 36.0 Å². The molecule has 1 heterocycles. The van der Waals surface area contributed by atoms with Crippen molar-refractivity contribution in [2.24, 2.45) is 5.92 Å². The molecule has 0 radical (unpaired) electrons. The Labute approximate surface area is 123 Å². The van der Waals surface area contributed by atoms with E-state index in [4.69, 9.17) is 5.26 Å². The first-order valence-corrected chi connectivity index (χ1v) is 6.80. The van der Waals surface area contributed by atoms with Gasteiger partial charge in [-0.2, -0.15) is 5.26 Å². The van der Waals surface area contributed by atoms with Gasteiger partial charge in [0.2, 0.25) is 0 Å². The van der Waals surface area contributed by atoms with E-state index in [-0.39, 0.29) is 5.92 Å². The maximum Gasteiger partial charge on any atom is 0.326 e. The van der Waals surface area contributed by atoms with E-state index in [0.717, 1.165) is 10.8 Å². The summed E-state index contributed by atoms with van der Waals surface area (Å²) in [6.45, 7) is 3.95. The number of pyridine rings is 1. The van der Waals surface area contributed by atoms with Crippen molar-refractivity contribution in [3.63, 3.8) is 0 Å². The molecule has 2 aromatic rings. The van der Waals surface area contributed by atoms with Crippen LogP contribution in [0.5, 0.6) is 0 Å². The second kappa shape index (κ2) is 6.23. The average molecular weight is 283 g/mol. The molecule has 0 aliphatic heterocycles. The van der Waals surface area contributed by atoms with Gasteiger partial charge >= 0.3 is 5.97 Å². The Morgan fingerprint density at radius 2 is 2.14 bits per heavy atom. The highest BCUT2D eigenvalue weighted by atomic mass is 16.4. The molecule has 1 unspecified atom stereocenters. The first-order chi connectivity index (χ1) is 10.0. The number of carboxylic acid groups (broad SMARTS) is 1. The lowest BCUT2D eigenvalue weighted by Crippen LogP contribution is -2.31. The van der Waals surface area contributed by atoms with Gasteiger partial charge < -0.3 is 10.4 Å². The lowest BCUT2D eigenvalue weighted by atomic mass is 10.0. The van der Waals surface area contributed by atoms with Crippen LogP contribution in [0, 0.1) is 17.2 Å². The summed E-state index contributed by atoms with van der Waals surface area (Å²) in [5.74, 6) is -0.153. The van der Waals surface area contributed by atoms with Gasteiger partial charge in [-0.05, 0) is 24.5 Å². The molecule has 108 valence electrons. The number of nitrogens with one attached hydrogen (secondary N) is 1. The molecular formula is C16H17N3O2. The van der Waals surface area contributed by atoms with Gasteiger partial charge in [-0.25, -0.2) is 9.78 Å². The number of aromatic nitrogens is 1. The average Bonchev–Trinajstić information content (AvgIpc) is 2.45. The van der Waals surface area contributed by atoms with Crippen molar-refractivity contribution in [2.45, 2.75) is 26.3 Å². The number of aliphatic carboxylic acids is 1. The summed E-state index contributed by atoms with van der Waals surface area (Å²) in [4.78, 5) is 15.6. The van der Waals surface area contributed by atoms with E-state index < -0.39 is 12.0 Å². The molecule has 0 fully saturated rings. The van der Waals surface area contributed by atoms with Crippen LogP contribution >= 0.6 is 0 Å². The standard InChI is InChI=1S/C16H17N3O2/c1-10(2)8-14(16(20)21)19-15-13-5-3-4-11(9-17)12(13)6-7-18-15/h3-7,10,14H,8H2,1-2H3,(H,18,19)(H,20,21). The summed E-state index contributed by atoms with van der Waals surface area (Å²) < 4.78 is 0. The molecule has 0 saturated carbocycles. The number of nitrogens with zero attached hydrogens (tertiary/aromatic N) is 2. The normalized spacial score (nSPS) is 12.1. The molecule has 0 aliphatic rings. The van der Waals surface area contributed by atoms with Crippen LogP contribution in [0.2, 0.25) is 0 Å². The zero-order valence-electron chi connectivity index (χ0n) is 12.0. The SMILES string of the molecule is CC(C)CC(Nc1nccc2c(C#N)cccc12)C(=O)O. The molecule has 0 spiro atoms. The highest BCUT2D eigenvalue weighted by Crippen LogP contribution is 2.25. The lowest BCUT2D eigenvalue weighted by Gasteiger charge is -2.18. The molecular weight excluding hydrogens is 266 g/mol. The molecule has 0 saturated heterocycles. The highest BCUT2D eigenvalue weighted by molar-refractivity contribution is 5.96. The Hall–Kier alpha value is -2.61. The number of rotatable bonds is 5. The predicted octanol–water partition coefficient (Wildman–Crippen LogP) is 3.02. The molecule has 21 heavy (non-hydrogen) atoms. The Kier molecular flexibility index (Phi) is 4.39. The molecule has 0 bridgehead atoms. The van der Waals surface area contributed by atoms with Gasteiger partial charge in [0.1, 0.15) is 11.9 Å². The van der Waals surface area contributed by atoms with Crippen molar-refractivity contribution < 1.29 is 9.90 Å². The van der Waals surface area contributed by atoms with E-state index in [1.165, 1.54) is 0 Å². The molecule has 5 heteroatoms. The van der Waals surface area contributed by atoms with Crippen LogP contribution in [0.4, 0.5) is 5.82 Å². The monoisotopic (exact) mass is 283 g/mol. The summed E-state index contributed by atoms with van der Waals surface area (Å²) in [5, 5.41) is 23.0. The molecule has 1 aromatic heterocycles. The molecule has 0 aliphatic carbocycles. The Bertz CT molecular complexity index is 704. The van der Waals surface area contributed by atoms with E-state index >= 15 is 0 Å². The number of hydrogen-bond donors (Lipinski definition) is 2. The Morgan fingerprint density at radius 3 is 2.76 bits per heavy atom. The fraction of sp³-hybridized carbons (Fsp3) is 0.312. The van der Waals surface area contributed by atoms with Gasteiger partial charge in [-0.1, -0.05) is 26.0 Å². The third kappa shape index (κ3) is 3.29. The summed E-state index contributed by atoms with van der Waals surface area (Å²) in [5.41, 5.74) is 0.550. The summed E-state index contributed by atoms with van der Waals surface area (Å²) in [6, 6.07) is 8.53. The van der Waals surface area contributed by atoms with Crippen LogP contribution in [0.3, 0.4) is 0 Å². The Balaban J connectivity index is 2.42. The summed E-state index contributed by atoms with van der Waals surface area (Å²) in [7, 11) is 0. The maximum absolute atomic E-state index is 11.4. The summed E-state index contributed by atoms with van der Waals surface area (Å²) >= 11 is 0. The van der Waals surface area contributed by atoms with Gasteiger partial charge in [0, 0.05) is 17.0 Å². The van der Waals surface area contributed by atoms with E-state index in [0.29, 0.717) is 17.8 Å². The molecule has 2 N–H and O–H groups in total. The summed E-state index contributed by atoms with van der Waals surface area (Å²) in [6.07, 6.45) is 2.09. The van der Waals surface area contributed by atoms with E-state index in [2.05, 4.69) is 16.4 Å². The fourth-order valence-corrected chi connectivity index (χ4v) is 2.28. The second-order valence-electron chi connectivity index (χ2n) is 5.34. The highest BCUT2D eigenvalue weighted by Gasteiger charge is 2.20. The number of hydrogen-bond acceptors (Lipinski definition) is 4. The molecule has 1 aromatic carbocycles.